The summed E-state index contributed by atoms with van der Waals surface area (Å²) < 4.78 is 0. The molecule has 0 spiro atoms. The van der Waals surface area contributed by atoms with Crippen LogP contribution < -0.4 is 5.32 Å². The first-order valence-electron chi connectivity index (χ1n) is 34.6. The van der Waals surface area contributed by atoms with Crippen LogP contribution in [0.3, 0.4) is 0 Å². The lowest BCUT2D eigenvalue weighted by atomic mass is 10.0. The molecule has 0 bridgehead atoms. The highest BCUT2D eigenvalue weighted by molar-refractivity contribution is 5.76. The molecule has 0 rings (SSSR count). The maximum Gasteiger partial charge on any atom is 0.220 e. The maximum atomic E-state index is 12.5. The van der Waals surface area contributed by atoms with Crippen molar-refractivity contribution in [1.29, 1.82) is 0 Å². The van der Waals surface area contributed by atoms with Crippen LogP contribution in [0.1, 0.15) is 399 Å². The molecule has 74 heavy (non-hydrogen) atoms. The van der Waals surface area contributed by atoms with E-state index in [1.165, 1.54) is 347 Å². The van der Waals surface area contributed by atoms with Crippen LogP contribution in [0.15, 0.2) is 24.3 Å². The van der Waals surface area contributed by atoms with Crippen LogP contribution in [0.25, 0.3) is 0 Å². The van der Waals surface area contributed by atoms with Gasteiger partial charge in [-0.05, 0) is 32.1 Å². The first-order valence-corrected chi connectivity index (χ1v) is 34.6. The van der Waals surface area contributed by atoms with Crippen LogP contribution in [-0.2, 0) is 4.79 Å². The highest BCUT2D eigenvalue weighted by Crippen LogP contribution is 2.19. The lowest BCUT2D eigenvalue weighted by Crippen LogP contribution is -2.45. The fourth-order valence-electron chi connectivity index (χ4n) is 11.2. The van der Waals surface area contributed by atoms with Gasteiger partial charge in [0.05, 0.1) is 18.8 Å². The lowest BCUT2D eigenvalue weighted by molar-refractivity contribution is -0.123. The normalized spacial score (nSPS) is 12.8. The number of hydrogen-bond acceptors (Lipinski definition) is 3. The third-order valence-electron chi connectivity index (χ3n) is 16.4. The summed E-state index contributed by atoms with van der Waals surface area (Å²) in [6.07, 6.45) is 89.9. The number of unbranched alkanes of at least 4 members (excludes halogenated alkanes) is 56. The van der Waals surface area contributed by atoms with Crippen molar-refractivity contribution in [2.45, 2.75) is 411 Å². The lowest BCUT2D eigenvalue weighted by Gasteiger charge is -2.19. The second-order valence-corrected chi connectivity index (χ2v) is 24.0. The van der Waals surface area contributed by atoms with Crippen molar-refractivity contribution in [3.8, 4) is 0 Å². The molecule has 0 aliphatic heterocycles. The molecular weight excluding hydrogens is 903 g/mol. The topological polar surface area (TPSA) is 69.6 Å². The Morgan fingerprint density at radius 1 is 0.311 bits per heavy atom. The molecule has 0 saturated heterocycles. The van der Waals surface area contributed by atoms with Crippen molar-refractivity contribution >= 4 is 5.91 Å². The molecule has 1 amide bonds. The monoisotopic (exact) mass is 1040 g/mol. The van der Waals surface area contributed by atoms with Gasteiger partial charge in [-0.3, -0.25) is 4.79 Å². The summed E-state index contributed by atoms with van der Waals surface area (Å²) in [6, 6.07) is -0.638. The number of nitrogens with one attached hydrogen (secondary N) is 1. The minimum Gasteiger partial charge on any atom is -0.394 e. The van der Waals surface area contributed by atoms with E-state index in [0.717, 1.165) is 32.1 Å². The van der Waals surface area contributed by atoms with Crippen molar-refractivity contribution in [3.63, 3.8) is 0 Å². The Labute approximate surface area is 466 Å². The van der Waals surface area contributed by atoms with E-state index in [1.807, 2.05) is 6.08 Å². The van der Waals surface area contributed by atoms with E-state index in [0.29, 0.717) is 6.42 Å². The zero-order valence-corrected chi connectivity index (χ0v) is 50.9. The molecule has 0 saturated carbocycles. The van der Waals surface area contributed by atoms with Gasteiger partial charge < -0.3 is 15.5 Å². The molecule has 4 nitrogen and oxygen atoms in total. The fourth-order valence-corrected chi connectivity index (χ4v) is 11.2. The zero-order valence-electron chi connectivity index (χ0n) is 50.9. The molecule has 0 heterocycles. The Hall–Kier alpha value is -1.13. The van der Waals surface area contributed by atoms with E-state index in [9.17, 15) is 15.0 Å². The standard InChI is InChI=1S/C70H137NO3/c1-3-5-7-9-11-13-15-17-19-21-23-25-27-29-31-33-34-35-36-38-39-41-43-45-47-49-51-53-55-57-59-61-63-65-69(73)68(67-72)71-70(74)66-64-62-60-58-56-54-52-50-48-46-44-42-40-37-32-30-28-26-24-22-20-18-16-14-12-10-8-6-4-2/h55,57,63,65,68-69,72-73H,3-54,56,58-62,64,66-67H2,1-2H3,(H,71,74)/b57-55+,65-63+. The van der Waals surface area contributed by atoms with Crippen LogP contribution in [0.4, 0.5) is 0 Å². The molecule has 0 aromatic carbocycles. The van der Waals surface area contributed by atoms with Crippen molar-refractivity contribution < 1.29 is 15.0 Å². The smallest absolute Gasteiger partial charge is 0.220 e. The van der Waals surface area contributed by atoms with Gasteiger partial charge in [0.2, 0.25) is 5.91 Å². The van der Waals surface area contributed by atoms with Crippen molar-refractivity contribution in [1.82, 2.24) is 5.32 Å². The predicted octanol–water partition coefficient (Wildman–Crippen LogP) is 23.4. The van der Waals surface area contributed by atoms with Crippen LogP contribution in [0.5, 0.6) is 0 Å². The Morgan fingerprint density at radius 2 is 0.527 bits per heavy atom. The second kappa shape index (κ2) is 66.2. The third kappa shape index (κ3) is 61.7. The number of aliphatic hydroxyl groups is 2. The summed E-state index contributed by atoms with van der Waals surface area (Å²) >= 11 is 0. The van der Waals surface area contributed by atoms with Crippen molar-refractivity contribution in [2.24, 2.45) is 0 Å². The highest BCUT2D eigenvalue weighted by atomic mass is 16.3. The molecule has 3 N–H and O–H groups in total. The number of allylic oxidation sites excluding steroid dienone is 3. The molecule has 4 heteroatoms. The van der Waals surface area contributed by atoms with E-state index in [1.54, 1.807) is 6.08 Å². The van der Waals surface area contributed by atoms with Crippen LogP contribution >= 0.6 is 0 Å². The molecule has 0 fully saturated rings. The molecule has 440 valence electrons. The van der Waals surface area contributed by atoms with Crippen molar-refractivity contribution in [2.75, 3.05) is 6.61 Å². The highest BCUT2D eigenvalue weighted by Gasteiger charge is 2.18. The first kappa shape index (κ1) is 72.9. The molecular formula is C70H137NO3. The molecule has 0 aromatic heterocycles. The Balaban J connectivity index is 3.43. The van der Waals surface area contributed by atoms with Crippen LogP contribution in [-0.4, -0.2) is 34.9 Å². The average Bonchev–Trinajstić information content (AvgIpc) is 3.40. The van der Waals surface area contributed by atoms with Gasteiger partial charge in [0.1, 0.15) is 0 Å². The van der Waals surface area contributed by atoms with E-state index < -0.39 is 12.1 Å². The van der Waals surface area contributed by atoms with Gasteiger partial charge in [-0.15, -0.1) is 0 Å². The summed E-state index contributed by atoms with van der Waals surface area (Å²) in [5.74, 6) is -0.0642. The second-order valence-electron chi connectivity index (χ2n) is 24.0. The van der Waals surface area contributed by atoms with Gasteiger partial charge in [-0.2, -0.15) is 0 Å². The number of carbonyl (C=O) groups is 1. The number of aliphatic hydroxyl groups excluding tert-OH is 2. The summed E-state index contributed by atoms with van der Waals surface area (Å²) in [6.45, 7) is 4.35. The molecule has 2 atom stereocenters. The number of hydrogen-bond donors (Lipinski definition) is 3. The molecule has 0 aliphatic carbocycles. The molecule has 0 radical (unpaired) electrons. The van der Waals surface area contributed by atoms with Crippen LogP contribution in [0.2, 0.25) is 0 Å². The SMILES string of the molecule is CCCCCCCCCCCCCCCCCCCCCCCCCCCCC/C=C/CC/C=C/C(O)C(CO)NC(=O)CCCCCCCCCCCCCCCCCCCCCCCCCCCCCCC. The summed E-state index contributed by atoms with van der Waals surface area (Å²) in [4.78, 5) is 12.5. The van der Waals surface area contributed by atoms with Crippen LogP contribution in [0, 0.1) is 0 Å². The van der Waals surface area contributed by atoms with Gasteiger partial charge in [-0.25, -0.2) is 0 Å². The predicted molar refractivity (Wildman–Crippen MR) is 332 cm³/mol. The summed E-state index contributed by atoms with van der Waals surface area (Å²) in [5.41, 5.74) is 0. The molecule has 0 aromatic rings. The number of carbonyl (C=O) groups excluding carboxylic acids is 1. The fraction of sp³-hybridized carbons (Fsp3) is 0.929. The van der Waals surface area contributed by atoms with Gasteiger partial charge in [0.25, 0.3) is 0 Å². The third-order valence-corrected chi connectivity index (χ3v) is 16.4. The quantitative estimate of drug-likeness (QED) is 0.0420. The number of amides is 1. The summed E-state index contributed by atoms with van der Waals surface area (Å²) in [5, 5.41) is 23.3. The van der Waals surface area contributed by atoms with Gasteiger partial charge >= 0.3 is 0 Å². The van der Waals surface area contributed by atoms with E-state index in [2.05, 4.69) is 31.3 Å². The average molecular weight is 1040 g/mol. The van der Waals surface area contributed by atoms with E-state index in [4.69, 9.17) is 0 Å². The Kier molecular flexibility index (Phi) is 65.1. The minimum atomic E-state index is -0.861. The molecule has 0 aliphatic rings. The van der Waals surface area contributed by atoms with Gasteiger partial charge in [0, 0.05) is 6.42 Å². The molecule has 2 unspecified atom stereocenters. The van der Waals surface area contributed by atoms with E-state index >= 15 is 0 Å². The number of rotatable bonds is 65. The van der Waals surface area contributed by atoms with Gasteiger partial charge in [0.15, 0.2) is 0 Å². The first-order chi connectivity index (χ1) is 36.7. The van der Waals surface area contributed by atoms with E-state index in [-0.39, 0.29) is 12.5 Å². The van der Waals surface area contributed by atoms with Crippen molar-refractivity contribution in [3.05, 3.63) is 24.3 Å². The zero-order chi connectivity index (χ0) is 53.4. The maximum absolute atomic E-state index is 12.5. The van der Waals surface area contributed by atoms with Gasteiger partial charge in [-0.1, -0.05) is 385 Å². The largest absolute Gasteiger partial charge is 0.394 e. The summed E-state index contributed by atoms with van der Waals surface area (Å²) in [7, 11) is 0. The Morgan fingerprint density at radius 3 is 0.784 bits per heavy atom. The Bertz CT molecular complexity index is 1090. The minimum absolute atomic E-state index is 0.0642.